The van der Waals surface area contributed by atoms with Crippen LogP contribution in [-0.4, -0.2) is 55.9 Å². The van der Waals surface area contributed by atoms with E-state index in [1.807, 2.05) is 22.6 Å². The summed E-state index contributed by atoms with van der Waals surface area (Å²) in [6, 6.07) is 1.88. The van der Waals surface area contributed by atoms with Crippen molar-refractivity contribution in [2.75, 3.05) is 36.5 Å². The maximum atomic E-state index is 12.2. The SMILES string of the molecule is Cc1cc(NC(=O)CN2CCS(=O)CC2)n(C(C)(C)C)n1. The summed E-state index contributed by atoms with van der Waals surface area (Å²) in [5, 5.41) is 7.38. The van der Waals surface area contributed by atoms with Gasteiger partial charge in [-0.05, 0) is 27.7 Å². The minimum atomic E-state index is -0.713. The van der Waals surface area contributed by atoms with Gasteiger partial charge in [-0.25, -0.2) is 4.68 Å². The fourth-order valence-electron chi connectivity index (χ4n) is 2.32. The Morgan fingerprint density at radius 1 is 1.38 bits per heavy atom. The molecule has 1 aliphatic rings. The Balaban J connectivity index is 1.98. The zero-order chi connectivity index (χ0) is 15.6. The van der Waals surface area contributed by atoms with Gasteiger partial charge in [-0.15, -0.1) is 0 Å². The van der Waals surface area contributed by atoms with Gasteiger partial charge in [-0.1, -0.05) is 0 Å². The molecule has 0 radical (unpaired) electrons. The summed E-state index contributed by atoms with van der Waals surface area (Å²) in [5.74, 6) is 2.00. The predicted octanol–water partition coefficient (Wildman–Crippen LogP) is 0.949. The summed E-state index contributed by atoms with van der Waals surface area (Å²) in [5.41, 5.74) is 0.701. The lowest BCUT2D eigenvalue weighted by molar-refractivity contribution is -0.117. The number of hydrogen-bond donors (Lipinski definition) is 1. The first-order valence-corrected chi connectivity index (χ1v) is 8.69. The van der Waals surface area contributed by atoms with Crippen molar-refractivity contribution in [2.45, 2.75) is 33.2 Å². The first kappa shape index (κ1) is 16.2. The average Bonchev–Trinajstić information content (AvgIpc) is 2.73. The minimum Gasteiger partial charge on any atom is -0.310 e. The van der Waals surface area contributed by atoms with Gasteiger partial charge in [0.1, 0.15) is 5.82 Å². The van der Waals surface area contributed by atoms with Crippen LogP contribution in [0.3, 0.4) is 0 Å². The highest BCUT2D eigenvalue weighted by molar-refractivity contribution is 7.85. The molecule has 2 heterocycles. The van der Waals surface area contributed by atoms with Crippen molar-refractivity contribution < 1.29 is 9.00 Å². The lowest BCUT2D eigenvalue weighted by Crippen LogP contribution is -2.42. The van der Waals surface area contributed by atoms with Gasteiger partial charge in [0.05, 0.1) is 17.8 Å². The van der Waals surface area contributed by atoms with Crippen LogP contribution in [0.4, 0.5) is 5.82 Å². The molecule has 0 spiro atoms. The van der Waals surface area contributed by atoms with Crippen LogP contribution in [0.2, 0.25) is 0 Å². The molecule has 1 amide bonds. The number of aromatic nitrogens is 2. The van der Waals surface area contributed by atoms with Gasteiger partial charge >= 0.3 is 0 Å². The maximum Gasteiger partial charge on any atom is 0.239 e. The average molecular weight is 312 g/mol. The Hall–Kier alpha value is -1.21. The fraction of sp³-hybridized carbons (Fsp3) is 0.714. The molecule has 1 aromatic rings. The van der Waals surface area contributed by atoms with Crippen molar-refractivity contribution in [3.63, 3.8) is 0 Å². The zero-order valence-electron chi connectivity index (χ0n) is 13.2. The highest BCUT2D eigenvalue weighted by Crippen LogP contribution is 2.21. The molecule has 0 atom stereocenters. The molecular weight excluding hydrogens is 288 g/mol. The van der Waals surface area contributed by atoms with Crippen LogP contribution in [0, 0.1) is 6.92 Å². The van der Waals surface area contributed by atoms with Crippen molar-refractivity contribution in [3.05, 3.63) is 11.8 Å². The van der Waals surface area contributed by atoms with Gasteiger partial charge in [0.2, 0.25) is 5.91 Å². The summed E-state index contributed by atoms with van der Waals surface area (Å²) in [4.78, 5) is 14.2. The molecule has 7 heteroatoms. The first-order valence-electron chi connectivity index (χ1n) is 7.20. The highest BCUT2D eigenvalue weighted by atomic mass is 32.2. The van der Waals surface area contributed by atoms with Gasteiger partial charge in [0, 0.05) is 41.5 Å². The number of amides is 1. The zero-order valence-corrected chi connectivity index (χ0v) is 14.0. The summed E-state index contributed by atoms with van der Waals surface area (Å²) in [6.45, 7) is 9.84. The van der Waals surface area contributed by atoms with E-state index in [1.54, 1.807) is 0 Å². The van der Waals surface area contributed by atoms with Crippen molar-refractivity contribution in [1.82, 2.24) is 14.7 Å². The third-order valence-electron chi connectivity index (χ3n) is 3.37. The molecular formula is C14H24N4O2S. The van der Waals surface area contributed by atoms with Crippen LogP contribution in [0.15, 0.2) is 6.07 Å². The van der Waals surface area contributed by atoms with Crippen LogP contribution in [0.5, 0.6) is 0 Å². The molecule has 1 N–H and O–H groups in total. The second kappa shape index (κ2) is 6.27. The van der Waals surface area contributed by atoms with Crippen LogP contribution < -0.4 is 5.32 Å². The highest BCUT2D eigenvalue weighted by Gasteiger charge is 2.22. The topological polar surface area (TPSA) is 67.2 Å². The van der Waals surface area contributed by atoms with E-state index in [-0.39, 0.29) is 11.4 Å². The molecule has 0 aliphatic carbocycles. The molecule has 21 heavy (non-hydrogen) atoms. The lowest BCUT2D eigenvalue weighted by atomic mass is 10.1. The Morgan fingerprint density at radius 2 is 2.00 bits per heavy atom. The Bertz CT molecular complexity index is 538. The van der Waals surface area contributed by atoms with Crippen molar-refractivity contribution in [2.24, 2.45) is 0 Å². The fourth-order valence-corrected chi connectivity index (χ4v) is 3.45. The number of anilines is 1. The van der Waals surface area contributed by atoms with Crippen LogP contribution >= 0.6 is 0 Å². The monoisotopic (exact) mass is 312 g/mol. The smallest absolute Gasteiger partial charge is 0.239 e. The van der Waals surface area contributed by atoms with E-state index in [0.29, 0.717) is 18.1 Å². The van der Waals surface area contributed by atoms with E-state index in [9.17, 15) is 9.00 Å². The van der Waals surface area contributed by atoms with Gasteiger partial charge in [-0.2, -0.15) is 5.10 Å². The summed E-state index contributed by atoms with van der Waals surface area (Å²) < 4.78 is 13.2. The number of hydrogen-bond acceptors (Lipinski definition) is 4. The Kier molecular flexibility index (Phi) is 4.83. The lowest BCUT2D eigenvalue weighted by Gasteiger charge is -2.26. The van der Waals surface area contributed by atoms with Gasteiger partial charge in [0.25, 0.3) is 0 Å². The van der Waals surface area contributed by atoms with Crippen molar-refractivity contribution in [3.8, 4) is 0 Å². The third kappa shape index (κ3) is 4.38. The van der Waals surface area contributed by atoms with Gasteiger partial charge in [0.15, 0.2) is 0 Å². The van der Waals surface area contributed by atoms with Gasteiger partial charge < -0.3 is 5.32 Å². The van der Waals surface area contributed by atoms with E-state index in [4.69, 9.17) is 0 Å². The normalized spacial score (nSPS) is 17.9. The summed E-state index contributed by atoms with van der Waals surface area (Å²) in [7, 11) is -0.713. The van der Waals surface area contributed by atoms with Crippen molar-refractivity contribution >= 4 is 22.5 Å². The van der Waals surface area contributed by atoms with E-state index in [1.165, 1.54) is 0 Å². The van der Waals surface area contributed by atoms with E-state index < -0.39 is 10.8 Å². The molecule has 0 saturated carbocycles. The molecule has 1 aliphatic heterocycles. The number of carbonyl (C=O) groups is 1. The molecule has 0 unspecified atom stereocenters. The third-order valence-corrected chi connectivity index (χ3v) is 4.65. The summed E-state index contributed by atoms with van der Waals surface area (Å²) >= 11 is 0. The van der Waals surface area contributed by atoms with E-state index in [0.717, 1.165) is 24.6 Å². The quantitative estimate of drug-likeness (QED) is 0.902. The summed E-state index contributed by atoms with van der Waals surface area (Å²) in [6.07, 6.45) is 0. The number of carbonyl (C=O) groups excluding carboxylic acids is 1. The molecule has 1 aromatic heterocycles. The number of rotatable bonds is 3. The Morgan fingerprint density at radius 3 is 2.57 bits per heavy atom. The standard InChI is InChI=1S/C14H24N4O2S/c1-11-9-12(18(16-11)14(2,3)4)15-13(19)10-17-5-7-21(20)8-6-17/h9H,5-8,10H2,1-4H3,(H,15,19). The van der Waals surface area contributed by atoms with E-state index >= 15 is 0 Å². The van der Waals surface area contributed by atoms with Crippen LogP contribution in [0.25, 0.3) is 0 Å². The molecule has 0 bridgehead atoms. The number of nitrogens with one attached hydrogen (secondary N) is 1. The number of nitrogens with zero attached hydrogens (tertiary/aromatic N) is 3. The Labute approximate surface area is 128 Å². The van der Waals surface area contributed by atoms with Crippen LogP contribution in [0.1, 0.15) is 26.5 Å². The second-order valence-corrected chi connectivity index (χ2v) is 8.12. The predicted molar refractivity (Wildman–Crippen MR) is 84.9 cm³/mol. The van der Waals surface area contributed by atoms with Crippen molar-refractivity contribution in [1.29, 1.82) is 0 Å². The molecule has 1 saturated heterocycles. The molecule has 2 rings (SSSR count). The molecule has 118 valence electrons. The minimum absolute atomic E-state index is 0.0481. The second-order valence-electron chi connectivity index (χ2n) is 6.43. The maximum absolute atomic E-state index is 12.2. The number of aryl methyl sites for hydroxylation is 1. The van der Waals surface area contributed by atoms with Crippen LogP contribution in [-0.2, 0) is 21.1 Å². The van der Waals surface area contributed by atoms with E-state index in [2.05, 4.69) is 31.2 Å². The molecule has 6 nitrogen and oxygen atoms in total. The molecule has 0 aromatic carbocycles. The first-order chi connectivity index (χ1) is 9.75. The largest absolute Gasteiger partial charge is 0.310 e. The van der Waals surface area contributed by atoms with Gasteiger partial charge in [-0.3, -0.25) is 13.9 Å². The molecule has 1 fully saturated rings.